The molecule has 6 heteroatoms. The van der Waals surface area contributed by atoms with Crippen LogP contribution in [0.1, 0.15) is 28.4 Å². The lowest BCUT2D eigenvalue weighted by Gasteiger charge is -2.15. The molecule has 3 rings (SSSR count). The second-order valence-electron chi connectivity index (χ2n) is 6.82. The van der Waals surface area contributed by atoms with Crippen LogP contribution < -0.4 is 10.1 Å². The number of carbonyl (C=O) groups is 2. The molecule has 0 aliphatic carbocycles. The average molecular weight is 414 g/mol. The van der Waals surface area contributed by atoms with Gasteiger partial charge in [-0.3, -0.25) is 4.79 Å². The minimum absolute atomic E-state index is 0.292. The van der Waals surface area contributed by atoms with Crippen molar-refractivity contribution in [1.82, 2.24) is 5.32 Å². The zero-order chi connectivity index (χ0) is 22.2. The molecule has 0 spiro atoms. The predicted octanol–water partition coefficient (Wildman–Crippen LogP) is 4.10. The van der Waals surface area contributed by atoms with E-state index in [4.69, 9.17) is 9.47 Å². The summed E-state index contributed by atoms with van der Waals surface area (Å²) in [5.74, 6) is -0.302. The fourth-order valence-electron chi connectivity index (χ4n) is 3.07. The van der Waals surface area contributed by atoms with E-state index in [0.717, 1.165) is 11.3 Å². The van der Waals surface area contributed by atoms with Crippen LogP contribution in [0.25, 0.3) is 11.1 Å². The first-order valence-electron chi connectivity index (χ1n) is 9.73. The Balaban J connectivity index is 1.68. The summed E-state index contributed by atoms with van der Waals surface area (Å²) in [6.45, 7) is 1.82. The van der Waals surface area contributed by atoms with Crippen molar-refractivity contribution in [3.8, 4) is 22.9 Å². The van der Waals surface area contributed by atoms with Crippen molar-refractivity contribution in [1.29, 1.82) is 5.26 Å². The van der Waals surface area contributed by atoms with Gasteiger partial charge in [-0.25, -0.2) is 4.79 Å². The van der Waals surface area contributed by atoms with Crippen LogP contribution in [-0.4, -0.2) is 25.1 Å². The third kappa shape index (κ3) is 5.28. The van der Waals surface area contributed by atoms with E-state index in [1.807, 2.05) is 12.1 Å². The molecule has 1 amide bonds. The molecule has 0 saturated heterocycles. The molecule has 1 atom stereocenters. The standard InChI is InChI=1S/C25H22N2O4/c1-17(24(28)27-16-18-11-13-20(30-2)14-12-18)31-25(29)23-10-6-5-9-22(23)21-8-4-3-7-19(21)15-26/h3-14,17H,16H2,1-2H3,(H,27,28)/t17-/m0/s1. The van der Waals surface area contributed by atoms with Crippen molar-refractivity contribution < 1.29 is 19.1 Å². The molecule has 0 bridgehead atoms. The predicted molar refractivity (Wildman–Crippen MR) is 116 cm³/mol. The van der Waals surface area contributed by atoms with Crippen LogP contribution in [0, 0.1) is 11.3 Å². The molecule has 6 nitrogen and oxygen atoms in total. The Hall–Kier alpha value is -4.11. The highest BCUT2D eigenvalue weighted by Crippen LogP contribution is 2.27. The number of rotatable bonds is 7. The van der Waals surface area contributed by atoms with Crippen molar-refractivity contribution >= 4 is 11.9 Å². The van der Waals surface area contributed by atoms with E-state index < -0.39 is 18.0 Å². The molecule has 0 fully saturated rings. The number of hydrogen-bond acceptors (Lipinski definition) is 5. The van der Waals surface area contributed by atoms with Gasteiger partial charge in [-0.15, -0.1) is 0 Å². The second-order valence-corrected chi connectivity index (χ2v) is 6.82. The van der Waals surface area contributed by atoms with Crippen molar-refractivity contribution in [2.45, 2.75) is 19.6 Å². The molecule has 156 valence electrons. The van der Waals surface area contributed by atoms with E-state index in [1.54, 1.807) is 67.8 Å². The highest BCUT2D eigenvalue weighted by atomic mass is 16.5. The van der Waals surface area contributed by atoms with Gasteiger partial charge in [0.15, 0.2) is 6.10 Å². The minimum atomic E-state index is -0.981. The summed E-state index contributed by atoms with van der Waals surface area (Å²) in [5, 5.41) is 12.1. The van der Waals surface area contributed by atoms with Gasteiger partial charge in [-0.05, 0) is 42.3 Å². The minimum Gasteiger partial charge on any atom is -0.497 e. The maximum absolute atomic E-state index is 12.8. The van der Waals surface area contributed by atoms with Crippen molar-refractivity contribution in [3.63, 3.8) is 0 Å². The van der Waals surface area contributed by atoms with Gasteiger partial charge in [-0.1, -0.05) is 48.5 Å². The molecule has 0 heterocycles. The third-order valence-electron chi connectivity index (χ3n) is 4.76. The first-order chi connectivity index (χ1) is 15.0. The summed E-state index contributed by atoms with van der Waals surface area (Å²) in [6, 6.07) is 23.3. The SMILES string of the molecule is COc1ccc(CNC(=O)[C@H](C)OC(=O)c2ccccc2-c2ccccc2C#N)cc1. The number of nitrogens with zero attached hydrogens (tertiary/aromatic N) is 1. The number of ether oxygens (including phenoxy) is 2. The van der Waals surface area contributed by atoms with Crippen molar-refractivity contribution in [3.05, 3.63) is 89.5 Å². The molecule has 0 radical (unpaired) electrons. The van der Waals surface area contributed by atoms with Crippen LogP contribution in [0.15, 0.2) is 72.8 Å². The smallest absolute Gasteiger partial charge is 0.339 e. The first kappa shape index (κ1) is 21.6. The first-order valence-corrected chi connectivity index (χ1v) is 9.73. The normalized spacial score (nSPS) is 11.1. The van der Waals surface area contributed by atoms with Crippen LogP contribution in [0.5, 0.6) is 5.75 Å². The molecule has 0 saturated carbocycles. The summed E-state index contributed by atoms with van der Waals surface area (Å²) in [4.78, 5) is 25.2. The van der Waals surface area contributed by atoms with Crippen LogP contribution >= 0.6 is 0 Å². The lowest BCUT2D eigenvalue weighted by molar-refractivity contribution is -0.129. The Bertz CT molecular complexity index is 1120. The van der Waals surface area contributed by atoms with Crippen LogP contribution in [-0.2, 0) is 16.1 Å². The Kier molecular flexibility index (Phi) is 7.02. The van der Waals surface area contributed by atoms with Gasteiger partial charge in [0.05, 0.1) is 24.3 Å². The molecule has 0 aliphatic rings. The molecule has 31 heavy (non-hydrogen) atoms. The zero-order valence-electron chi connectivity index (χ0n) is 17.3. The molecule has 0 aliphatic heterocycles. The van der Waals surface area contributed by atoms with Gasteiger partial charge in [0, 0.05) is 12.1 Å². The number of nitriles is 1. The van der Waals surface area contributed by atoms with Gasteiger partial charge in [0.1, 0.15) is 5.75 Å². The number of carbonyl (C=O) groups excluding carboxylic acids is 2. The van der Waals surface area contributed by atoms with Gasteiger partial charge in [0.25, 0.3) is 5.91 Å². The number of methoxy groups -OCH3 is 1. The Morgan fingerprint density at radius 2 is 1.61 bits per heavy atom. The van der Waals surface area contributed by atoms with E-state index in [1.165, 1.54) is 6.92 Å². The fraction of sp³-hybridized carbons (Fsp3) is 0.160. The third-order valence-corrected chi connectivity index (χ3v) is 4.76. The van der Waals surface area contributed by atoms with Crippen LogP contribution in [0.4, 0.5) is 0 Å². The van der Waals surface area contributed by atoms with E-state index >= 15 is 0 Å². The molecular weight excluding hydrogens is 392 g/mol. The highest BCUT2D eigenvalue weighted by molar-refractivity contribution is 5.99. The highest BCUT2D eigenvalue weighted by Gasteiger charge is 2.21. The monoisotopic (exact) mass is 414 g/mol. The number of nitrogens with one attached hydrogen (secondary N) is 1. The molecule has 0 unspecified atom stereocenters. The van der Waals surface area contributed by atoms with Crippen molar-refractivity contribution in [2.75, 3.05) is 7.11 Å². The fourth-order valence-corrected chi connectivity index (χ4v) is 3.07. The van der Waals surface area contributed by atoms with Gasteiger partial charge < -0.3 is 14.8 Å². The summed E-state index contributed by atoms with van der Waals surface area (Å²) in [5.41, 5.74) is 2.85. The summed E-state index contributed by atoms with van der Waals surface area (Å²) in [7, 11) is 1.59. The molecule has 0 aromatic heterocycles. The van der Waals surface area contributed by atoms with Gasteiger partial charge >= 0.3 is 5.97 Å². The number of hydrogen-bond donors (Lipinski definition) is 1. The Morgan fingerprint density at radius 3 is 2.29 bits per heavy atom. The molecular formula is C25H22N2O4. The van der Waals surface area contributed by atoms with E-state index in [9.17, 15) is 14.9 Å². The summed E-state index contributed by atoms with van der Waals surface area (Å²) >= 11 is 0. The molecule has 3 aromatic rings. The lowest BCUT2D eigenvalue weighted by Crippen LogP contribution is -2.35. The lowest BCUT2D eigenvalue weighted by atomic mass is 9.96. The van der Waals surface area contributed by atoms with Crippen LogP contribution in [0.3, 0.4) is 0 Å². The summed E-state index contributed by atoms with van der Waals surface area (Å²) in [6.07, 6.45) is -0.981. The molecule has 1 N–H and O–H groups in total. The topological polar surface area (TPSA) is 88.4 Å². The zero-order valence-corrected chi connectivity index (χ0v) is 17.3. The molecule has 3 aromatic carbocycles. The second kappa shape index (κ2) is 10.1. The maximum Gasteiger partial charge on any atom is 0.339 e. The number of benzene rings is 3. The number of esters is 1. The van der Waals surface area contributed by atoms with Crippen LogP contribution in [0.2, 0.25) is 0 Å². The average Bonchev–Trinajstić information content (AvgIpc) is 2.82. The van der Waals surface area contributed by atoms with E-state index in [-0.39, 0.29) is 0 Å². The quantitative estimate of drug-likeness (QED) is 0.588. The van der Waals surface area contributed by atoms with Gasteiger partial charge in [-0.2, -0.15) is 5.26 Å². The van der Waals surface area contributed by atoms with Gasteiger partial charge in [0.2, 0.25) is 0 Å². The Labute approximate surface area is 181 Å². The largest absolute Gasteiger partial charge is 0.497 e. The number of amides is 1. The summed E-state index contributed by atoms with van der Waals surface area (Å²) < 4.78 is 10.5. The van der Waals surface area contributed by atoms with E-state index in [0.29, 0.717) is 28.8 Å². The Morgan fingerprint density at radius 1 is 0.968 bits per heavy atom. The van der Waals surface area contributed by atoms with Crippen molar-refractivity contribution in [2.24, 2.45) is 0 Å². The van der Waals surface area contributed by atoms with E-state index in [2.05, 4.69) is 11.4 Å². The maximum atomic E-state index is 12.8.